The highest BCUT2D eigenvalue weighted by Gasteiger charge is 2.14. The molecular formula is C22H20ClN3O3S. The van der Waals surface area contributed by atoms with E-state index in [1.807, 2.05) is 30.3 Å². The van der Waals surface area contributed by atoms with Gasteiger partial charge in [0.05, 0.1) is 22.9 Å². The lowest BCUT2D eigenvalue weighted by Crippen LogP contribution is -2.24. The number of ether oxygens (including phenoxy) is 1. The molecule has 4 aromatic rings. The van der Waals surface area contributed by atoms with Gasteiger partial charge in [0, 0.05) is 30.8 Å². The standard InChI is InChI=1S/C22H20ClN3O3S/c1-28-11-5-10-26-21(27)17-9-8-16(23)12-18(17)25-22(26)30-14-20-24-13-19(29-20)15-6-3-2-4-7-15/h2-4,6-9,12-13H,5,10-11,14H2,1H3. The number of aromatic nitrogens is 3. The van der Waals surface area contributed by atoms with Crippen molar-refractivity contribution < 1.29 is 9.15 Å². The molecule has 0 unspecified atom stereocenters. The fourth-order valence-corrected chi connectivity index (χ4v) is 4.13. The van der Waals surface area contributed by atoms with E-state index >= 15 is 0 Å². The first-order chi connectivity index (χ1) is 14.7. The second kappa shape index (κ2) is 9.47. The fraction of sp³-hybridized carbons (Fsp3) is 0.227. The predicted molar refractivity (Wildman–Crippen MR) is 119 cm³/mol. The number of benzene rings is 2. The van der Waals surface area contributed by atoms with Gasteiger partial charge in [0.2, 0.25) is 5.89 Å². The van der Waals surface area contributed by atoms with Crippen molar-refractivity contribution in [3.63, 3.8) is 0 Å². The molecule has 0 amide bonds. The molecule has 2 aromatic heterocycles. The quantitative estimate of drug-likeness (QED) is 0.217. The lowest BCUT2D eigenvalue weighted by molar-refractivity contribution is 0.189. The highest BCUT2D eigenvalue weighted by atomic mass is 35.5. The number of methoxy groups -OCH3 is 1. The summed E-state index contributed by atoms with van der Waals surface area (Å²) in [6, 6.07) is 14.9. The van der Waals surface area contributed by atoms with Crippen LogP contribution in [0, 0.1) is 0 Å². The molecule has 0 bridgehead atoms. The Balaban J connectivity index is 1.61. The molecule has 0 N–H and O–H groups in total. The van der Waals surface area contributed by atoms with Gasteiger partial charge in [0.25, 0.3) is 5.56 Å². The van der Waals surface area contributed by atoms with E-state index in [1.54, 1.807) is 36.1 Å². The molecule has 0 atom stereocenters. The van der Waals surface area contributed by atoms with Crippen LogP contribution in [0.15, 0.2) is 69.1 Å². The summed E-state index contributed by atoms with van der Waals surface area (Å²) in [5.41, 5.74) is 1.46. The number of hydrogen-bond donors (Lipinski definition) is 0. The van der Waals surface area contributed by atoms with E-state index in [4.69, 9.17) is 20.8 Å². The Morgan fingerprint density at radius 1 is 1.20 bits per heavy atom. The molecular weight excluding hydrogens is 422 g/mol. The van der Waals surface area contributed by atoms with Crippen molar-refractivity contribution in [2.45, 2.75) is 23.9 Å². The molecule has 0 aliphatic carbocycles. The minimum atomic E-state index is -0.0901. The van der Waals surface area contributed by atoms with Crippen LogP contribution >= 0.6 is 23.4 Å². The van der Waals surface area contributed by atoms with Crippen molar-refractivity contribution in [1.29, 1.82) is 0 Å². The molecule has 30 heavy (non-hydrogen) atoms. The molecule has 0 fully saturated rings. The Morgan fingerprint density at radius 3 is 2.83 bits per heavy atom. The van der Waals surface area contributed by atoms with Crippen molar-refractivity contribution in [3.05, 3.63) is 76.0 Å². The van der Waals surface area contributed by atoms with Crippen LogP contribution in [0.25, 0.3) is 22.2 Å². The summed E-state index contributed by atoms with van der Waals surface area (Å²) in [7, 11) is 1.64. The molecule has 4 rings (SSSR count). The number of nitrogens with zero attached hydrogens (tertiary/aromatic N) is 3. The normalized spacial score (nSPS) is 11.3. The zero-order chi connectivity index (χ0) is 20.9. The summed E-state index contributed by atoms with van der Waals surface area (Å²) < 4.78 is 12.7. The van der Waals surface area contributed by atoms with Crippen LogP contribution < -0.4 is 5.56 Å². The molecule has 0 aliphatic rings. The van der Waals surface area contributed by atoms with E-state index in [0.29, 0.717) is 58.1 Å². The summed E-state index contributed by atoms with van der Waals surface area (Å²) in [6.07, 6.45) is 2.42. The SMILES string of the molecule is COCCCn1c(SCc2ncc(-c3ccccc3)o2)nc2cc(Cl)ccc2c1=O. The lowest BCUT2D eigenvalue weighted by Gasteiger charge is -2.12. The second-order valence-corrected chi connectivity index (χ2v) is 8.01. The van der Waals surface area contributed by atoms with Gasteiger partial charge < -0.3 is 9.15 Å². The Morgan fingerprint density at radius 2 is 2.03 bits per heavy atom. The van der Waals surface area contributed by atoms with Crippen LogP contribution in [0.5, 0.6) is 0 Å². The summed E-state index contributed by atoms with van der Waals surface area (Å²) >= 11 is 7.52. The largest absolute Gasteiger partial charge is 0.440 e. The number of hydrogen-bond acceptors (Lipinski definition) is 6. The Labute approximate surface area is 182 Å². The molecule has 0 spiro atoms. The Bertz CT molecular complexity index is 1210. The third-order valence-corrected chi connectivity index (χ3v) is 5.75. The minimum Gasteiger partial charge on any atom is -0.440 e. The zero-order valence-corrected chi connectivity index (χ0v) is 17.9. The molecule has 0 aliphatic heterocycles. The highest BCUT2D eigenvalue weighted by Crippen LogP contribution is 2.26. The molecule has 154 valence electrons. The van der Waals surface area contributed by atoms with E-state index < -0.39 is 0 Å². The monoisotopic (exact) mass is 441 g/mol. The number of thioether (sulfide) groups is 1. The Hall–Kier alpha value is -2.61. The van der Waals surface area contributed by atoms with Gasteiger partial charge in [-0.1, -0.05) is 53.7 Å². The van der Waals surface area contributed by atoms with Crippen molar-refractivity contribution in [1.82, 2.24) is 14.5 Å². The van der Waals surface area contributed by atoms with E-state index in [-0.39, 0.29) is 5.56 Å². The first-order valence-corrected chi connectivity index (χ1v) is 10.8. The maximum atomic E-state index is 13.0. The molecule has 0 saturated carbocycles. The third-order valence-electron chi connectivity index (χ3n) is 4.55. The van der Waals surface area contributed by atoms with Gasteiger partial charge in [0.15, 0.2) is 10.9 Å². The number of oxazole rings is 1. The minimum absolute atomic E-state index is 0.0901. The fourth-order valence-electron chi connectivity index (χ4n) is 3.09. The van der Waals surface area contributed by atoms with Gasteiger partial charge in [-0.05, 0) is 24.6 Å². The topological polar surface area (TPSA) is 70.2 Å². The molecule has 0 saturated heterocycles. The second-order valence-electron chi connectivity index (χ2n) is 6.63. The maximum Gasteiger partial charge on any atom is 0.262 e. The van der Waals surface area contributed by atoms with Crippen LogP contribution in [-0.4, -0.2) is 28.3 Å². The number of rotatable bonds is 8. The Kier molecular flexibility index (Phi) is 6.52. The summed E-state index contributed by atoms with van der Waals surface area (Å²) in [4.78, 5) is 22.1. The highest BCUT2D eigenvalue weighted by molar-refractivity contribution is 7.98. The van der Waals surface area contributed by atoms with Crippen LogP contribution in [0.3, 0.4) is 0 Å². The van der Waals surface area contributed by atoms with E-state index in [1.165, 1.54) is 11.8 Å². The van der Waals surface area contributed by atoms with Crippen LogP contribution in [0.2, 0.25) is 5.02 Å². The predicted octanol–water partition coefficient (Wildman–Crippen LogP) is 5.03. The van der Waals surface area contributed by atoms with E-state index in [9.17, 15) is 4.79 Å². The van der Waals surface area contributed by atoms with Gasteiger partial charge in [-0.25, -0.2) is 9.97 Å². The van der Waals surface area contributed by atoms with Crippen molar-refractivity contribution in [2.75, 3.05) is 13.7 Å². The summed E-state index contributed by atoms with van der Waals surface area (Å²) in [5, 5.41) is 1.69. The van der Waals surface area contributed by atoms with Gasteiger partial charge in [-0.2, -0.15) is 0 Å². The smallest absolute Gasteiger partial charge is 0.262 e. The lowest BCUT2D eigenvalue weighted by atomic mass is 10.2. The maximum absolute atomic E-state index is 13.0. The van der Waals surface area contributed by atoms with Gasteiger partial charge >= 0.3 is 0 Å². The third kappa shape index (κ3) is 4.59. The number of halogens is 1. The molecule has 2 aromatic carbocycles. The van der Waals surface area contributed by atoms with Crippen LogP contribution in [0.1, 0.15) is 12.3 Å². The first-order valence-electron chi connectivity index (χ1n) is 9.47. The zero-order valence-electron chi connectivity index (χ0n) is 16.4. The van der Waals surface area contributed by atoms with Gasteiger partial charge in [-0.3, -0.25) is 9.36 Å². The van der Waals surface area contributed by atoms with E-state index in [2.05, 4.69) is 9.97 Å². The molecule has 6 nitrogen and oxygen atoms in total. The summed E-state index contributed by atoms with van der Waals surface area (Å²) in [5.74, 6) is 1.74. The van der Waals surface area contributed by atoms with Crippen molar-refractivity contribution in [2.24, 2.45) is 0 Å². The van der Waals surface area contributed by atoms with Crippen molar-refractivity contribution in [3.8, 4) is 11.3 Å². The van der Waals surface area contributed by atoms with Crippen molar-refractivity contribution >= 4 is 34.3 Å². The first kappa shape index (κ1) is 20.7. The number of fused-ring (bicyclic) bond motifs is 1. The van der Waals surface area contributed by atoms with Gasteiger partial charge in [0.1, 0.15) is 0 Å². The van der Waals surface area contributed by atoms with Crippen LogP contribution in [0.4, 0.5) is 0 Å². The molecule has 2 heterocycles. The van der Waals surface area contributed by atoms with Crippen LogP contribution in [-0.2, 0) is 17.0 Å². The summed E-state index contributed by atoms with van der Waals surface area (Å²) in [6.45, 7) is 1.08. The average molecular weight is 442 g/mol. The average Bonchev–Trinajstić information content (AvgIpc) is 3.23. The van der Waals surface area contributed by atoms with Gasteiger partial charge in [-0.15, -0.1) is 0 Å². The molecule has 0 radical (unpaired) electrons. The van der Waals surface area contributed by atoms with E-state index in [0.717, 1.165) is 5.56 Å². The molecule has 8 heteroatoms.